The highest BCUT2D eigenvalue weighted by Gasteiger charge is 2.53. The third kappa shape index (κ3) is 1.76. The van der Waals surface area contributed by atoms with Gasteiger partial charge < -0.3 is 4.74 Å². The van der Waals surface area contributed by atoms with Crippen LogP contribution in [0.4, 0.5) is 0 Å². The van der Waals surface area contributed by atoms with Crippen molar-refractivity contribution in [1.29, 1.82) is 0 Å². The zero-order valence-corrected chi connectivity index (χ0v) is 9.66. The number of fused-ring (bicyclic) bond motifs is 1. The van der Waals surface area contributed by atoms with Crippen molar-refractivity contribution in [2.45, 2.75) is 44.8 Å². The number of carbonyl (C=O) groups excluding carboxylic acids is 1. The molecule has 0 bridgehead atoms. The van der Waals surface area contributed by atoms with Crippen molar-refractivity contribution >= 4 is 5.97 Å². The van der Waals surface area contributed by atoms with Crippen molar-refractivity contribution in [3.05, 3.63) is 0 Å². The summed E-state index contributed by atoms with van der Waals surface area (Å²) in [6.07, 6.45) is 3.36. The molecule has 0 aromatic heterocycles. The van der Waals surface area contributed by atoms with E-state index in [9.17, 15) is 4.79 Å². The quantitative estimate of drug-likeness (QED) is 0.616. The van der Waals surface area contributed by atoms with Crippen molar-refractivity contribution in [3.63, 3.8) is 0 Å². The molecule has 0 spiro atoms. The van der Waals surface area contributed by atoms with Gasteiger partial charge in [0, 0.05) is 6.54 Å². The average Bonchev–Trinajstić information content (AvgIpc) is 2.46. The Morgan fingerprint density at radius 2 is 2.20 bits per heavy atom. The maximum absolute atomic E-state index is 11.8. The first kappa shape index (κ1) is 10.9. The van der Waals surface area contributed by atoms with Crippen molar-refractivity contribution in [2.24, 2.45) is 5.92 Å². The highest BCUT2D eigenvalue weighted by Crippen LogP contribution is 2.41. The summed E-state index contributed by atoms with van der Waals surface area (Å²) in [5.74, 6) is -0.294. The first-order valence-electron chi connectivity index (χ1n) is 5.60. The zero-order chi connectivity index (χ0) is 11.1. The molecule has 0 aromatic carbocycles. The van der Waals surface area contributed by atoms with E-state index in [1.165, 1.54) is 13.5 Å². The third-order valence-electron chi connectivity index (χ3n) is 3.44. The molecule has 2 aliphatic rings. The molecule has 2 atom stereocenters. The first-order valence-corrected chi connectivity index (χ1v) is 5.60. The number of esters is 1. The van der Waals surface area contributed by atoms with Crippen LogP contribution in [0.25, 0.3) is 0 Å². The van der Waals surface area contributed by atoms with E-state index in [0.29, 0.717) is 0 Å². The molecule has 4 heteroatoms. The van der Waals surface area contributed by atoms with Gasteiger partial charge in [0.05, 0.1) is 18.8 Å². The molecular formula is C11H19NO3. The van der Waals surface area contributed by atoms with Gasteiger partial charge in [0.15, 0.2) is 0 Å². The van der Waals surface area contributed by atoms with Gasteiger partial charge in [-0.25, -0.2) is 0 Å². The fourth-order valence-electron chi connectivity index (χ4n) is 2.77. The minimum absolute atomic E-state index is 0.144. The zero-order valence-electron chi connectivity index (χ0n) is 9.66. The minimum Gasteiger partial charge on any atom is -0.469 e. The molecule has 0 radical (unpaired) electrons. The van der Waals surface area contributed by atoms with Crippen LogP contribution in [0.3, 0.4) is 0 Å². The van der Waals surface area contributed by atoms with Crippen molar-refractivity contribution in [3.8, 4) is 0 Å². The van der Waals surface area contributed by atoms with E-state index in [2.05, 4.69) is 0 Å². The van der Waals surface area contributed by atoms with Gasteiger partial charge >= 0.3 is 5.97 Å². The normalized spacial score (nSPS) is 34.9. The number of hydrogen-bond acceptors (Lipinski definition) is 4. The van der Waals surface area contributed by atoms with Crippen LogP contribution in [0.15, 0.2) is 0 Å². The summed E-state index contributed by atoms with van der Waals surface area (Å²) in [4.78, 5) is 17.6. The molecule has 2 rings (SSSR count). The fourth-order valence-corrected chi connectivity index (χ4v) is 2.77. The predicted molar refractivity (Wildman–Crippen MR) is 55.0 cm³/mol. The van der Waals surface area contributed by atoms with E-state index >= 15 is 0 Å². The Labute approximate surface area is 90.5 Å². The lowest BCUT2D eigenvalue weighted by Gasteiger charge is -2.28. The van der Waals surface area contributed by atoms with Crippen LogP contribution in [-0.4, -0.2) is 36.3 Å². The Hall–Kier alpha value is -0.610. The lowest BCUT2D eigenvalue weighted by molar-refractivity contribution is -0.202. The van der Waals surface area contributed by atoms with Gasteiger partial charge in [-0.15, -0.1) is 0 Å². The van der Waals surface area contributed by atoms with Crippen LogP contribution in [0.2, 0.25) is 0 Å². The van der Waals surface area contributed by atoms with E-state index in [-0.39, 0.29) is 17.9 Å². The van der Waals surface area contributed by atoms with Gasteiger partial charge in [0.25, 0.3) is 0 Å². The number of nitrogens with zero attached hydrogens (tertiary/aromatic N) is 1. The third-order valence-corrected chi connectivity index (χ3v) is 3.44. The van der Waals surface area contributed by atoms with Gasteiger partial charge in [-0.05, 0) is 26.7 Å². The summed E-state index contributed by atoms with van der Waals surface area (Å²) in [6, 6.07) is 0.209. The molecule has 0 saturated carbocycles. The molecule has 4 nitrogen and oxygen atoms in total. The molecule has 2 fully saturated rings. The fraction of sp³-hybridized carbons (Fsp3) is 0.909. The van der Waals surface area contributed by atoms with Gasteiger partial charge in [0.2, 0.25) is 0 Å². The van der Waals surface area contributed by atoms with Crippen LogP contribution in [0, 0.1) is 5.92 Å². The molecule has 15 heavy (non-hydrogen) atoms. The molecule has 0 aliphatic carbocycles. The summed E-state index contributed by atoms with van der Waals surface area (Å²) < 4.78 is 4.87. The summed E-state index contributed by atoms with van der Waals surface area (Å²) in [5.41, 5.74) is -0.428. The van der Waals surface area contributed by atoms with E-state index in [4.69, 9.17) is 9.57 Å². The number of hydrogen-bond donors (Lipinski definition) is 0. The number of hydroxylamine groups is 2. The maximum atomic E-state index is 11.8. The second-order valence-corrected chi connectivity index (χ2v) is 4.90. The highest BCUT2D eigenvalue weighted by atomic mass is 16.7. The number of rotatable bonds is 1. The van der Waals surface area contributed by atoms with Crippen LogP contribution < -0.4 is 0 Å². The van der Waals surface area contributed by atoms with Crippen LogP contribution in [0.1, 0.15) is 33.1 Å². The van der Waals surface area contributed by atoms with E-state index < -0.39 is 5.60 Å². The molecular weight excluding hydrogens is 194 g/mol. The summed E-state index contributed by atoms with van der Waals surface area (Å²) >= 11 is 0. The van der Waals surface area contributed by atoms with Gasteiger partial charge in [-0.3, -0.25) is 9.63 Å². The Balaban J connectivity index is 2.21. The lowest BCUT2D eigenvalue weighted by atomic mass is 9.82. The molecule has 0 N–H and O–H groups in total. The second-order valence-electron chi connectivity index (χ2n) is 4.90. The molecule has 86 valence electrons. The average molecular weight is 213 g/mol. The number of methoxy groups -OCH3 is 1. The van der Waals surface area contributed by atoms with Crippen LogP contribution in [0.5, 0.6) is 0 Å². The van der Waals surface area contributed by atoms with E-state index in [1.54, 1.807) is 0 Å². The first-order chi connectivity index (χ1) is 7.06. The molecule has 0 unspecified atom stereocenters. The Morgan fingerprint density at radius 3 is 2.87 bits per heavy atom. The predicted octanol–water partition coefficient (Wildman–Crippen LogP) is 1.35. The van der Waals surface area contributed by atoms with E-state index in [1.807, 2.05) is 18.9 Å². The maximum Gasteiger partial charge on any atom is 0.313 e. The molecule has 2 heterocycles. The minimum atomic E-state index is -0.428. The number of carbonyl (C=O) groups is 1. The van der Waals surface area contributed by atoms with Gasteiger partial charge in [0.1, 0.15) is 5.92 Å². The van der Waals surface area contributed by atoms with Crippen molar-refractivity contribution < 1.29 is 14.4 Å². The molecule has 0 aromatic rings. The van der Waals surface area contributed by atoms with Crippen LogP contribution in [-0.2, 0) is 14.4 Å². The highest BCUT2D eigenvalue weighted by molar-refractivity contribution is 5.75. The topological polar surface area (TPSA) is 38.8 Å². The van der Waals surface area contributed by atoms with E-state index in [0.717, 1.165) is 19.4 Å². The smallest absolute Gasteiger partial charge is 0.313 e. The number of piperidine rings is 1. The lowest BCUT2D eigenvalue weighted by Crippen LogP contribution is -2.41. The summed E-state index contributed by atoms with van der Waals surface area (Å²) in [5, 5.41) is 1.98. The Bertz CT molecular complexity index is 265. The van der Waals surface area contributed by atoms with Gasteiger partial charge in [-0.2, -0.15) is 5.06 Å². The summed E-state index contributed by atoms with van der Waals surface area (Å²) in [6.45, 7) is 4.86. The van der Waals surface area contributed by atoms with Gasteiger partial charge in [-0.1, -0.05) is 6.42 Å². The monoisotopic (exact) mass is 213 g/mol. The molecule has 2 aliphatic heterocycles. The second kappa shape index (κ2) is 3.76. The van der Waals surface area contributed by atoms with Crippen molar-refractivity contribution in [1.82, 2.24) is 5.06 Å². The molecule has 0 amide bonds. The largest absolute Gasteiger partial charge is 0.469 e. The van der Waals surface area contributed by atoms with Crippen molar-refractivity contribution in [2.75, 3.05) is 13.7 Å². The molecule has 2 saturated heterocycles. The van der Waals surface area contributed by atoms with Crippen LogP contribution >= 0.6 is 0 Å². The number of ether oxygens (including phenoxy) is 1. The SMILES string of the molecule is COC(=O)[C@@H]1[C@H]2CCCCN2OC1(C)C. The standard InChI is InChI=1S/C11H19NO3/c1-11(2)9(10(13)14-3)8-6-4-5-7-12(8)15-11/h8-9H,4-7H2,1-3H3/t8-,9+/m1/s1. The Morgan fingerprint density at radius 1 is 1.47 bits per heavy atom. The Kier molecular flexibility index (Phi) is 2.73. The summed E-state index contributed by atoms with van der Waals surface area (Å²) in [7, 11) is 1.45.